The van der Waals surface area contributed by atoms with E-state index in [1.165, 1.54) is 13.0 Å². The highest BCUT2D eigenvalue weighted by atomic mass is 19.1. The molecule has 4 nitrogen and oxygen atoms in total. The van der Waals surface area contributed by atoms with Crippen LogP contribution in [-0.4, -0.2) is 18.0 Å². The van der Waals surface area contributed by atoms with E-state index in [-0.39, 0.29) is 24.6 Å². The van der Waals surface area contributed by atoms with Crippen molar-refractivity contribution in [1.29, 1.82) is 0 Å². The number of rotatable bonds is 7. The molecule has 0 saturated heterocycles. The number of aryl methyl sites for hydroxylation is 2. The van der Waals surface area contributed by atoms with E-state index in [9.17, 15) is 14.0 Å². The molecule has 0 radical (unpaired) electrons. The third-order valence-corrected chi connectivity index (χ3v) is 3.82. The summed E-state index contributed by atoms with van der Waals surface area (Å²) in [6.07, 6.45) is -0.627. The Labute approximate surface area is 147 Å². The summed E-state index contributed by atoms with van der Waals surface area (Å²) in [5, 5.41) is 2.73. The minimum absolute atomic E-state index is 0.0243. The topological polar surface area (TPSA) is 55.4 Å². The van der Waals surface area contributed by atoms with Gasteiger partial charge in [0, 0.05) is 13.0 Å². The molecule has 0 aliphatic heterocycles. The number of esters is 1. The first-order valence-electron chi connectivity index (χ1n) is 8.22. The van der Waals surface area contributed by atoms with Gasteiger partial charge in [-0.3, -0.25) is 9.59 Å². The second-order valence-corrected chi connectivity index (χ2v) is 5.93. The van der Waals surface area contributed by atoms with Crippen molar-refractivity contribution in [3.05, 3.63) is 71.0 Å². The first-order chi connectivity index (χ1) is 12.0. The van der Waals surface area contributed by atoms with Gasteiger partial charge in [0.15, 0.2) is 6.10 Å². The smallest absolute Gasteiger partial charge is 0.306 e. The molecule has 1 atom stereocenters. The Hall–Kier alpha value is -2.69. The second kappa shape index (κ2) is 8.97. The van der Waals surface area contributed by atoms with E-state index in [2.05, 4.69) is 5.32 Å². The number of amides is 1. The van der Waals surface area contributed by atoms with E-state index in [0.717, 1.165) is 11.1 Å². The van der Waals surface area contributed by atoms with E-state index in [1.54, 1.807) is 18.2 Å². The fourth-order valence-corrected chi connectivity index (χ4v) is 2.29. The zero-order chi connectivity index (χ0) is 18.2. The monoisotopic (exact) mass is 343 g/mol. The highest BCUT2D eigenvalue weighted by molar-refractivity contribution is 5.83. The zero-order valence-corrected chi connectivity index (χ0v) is 14.4. The third kappa shape index (κ3) is 6.03. The fourth-order valence-electron chi connectivity index (χ4n) is 2.29. The molecule has 0 bridgehead atoms. The lowest BCUT2D eigenvalue weighted by Crippen LogP contribution is -2.35. The quantitative estimate of drug-likeness (QED) is 0.785. The van der Waals surface area contributed by atoms with Crippen molar-refractivity contribution >= 4 is 11.9 Å². The first kappa shape index (κ1) is 18.6. The number of hydrogen-bond donors (Lipinski definition) is 1. The molecule has 0 unspecified atom stereocenters. The molecule has 0 fully saturated rings. The summed E-state index contributed by atoms with van der Waals surface area (Å²) >= 11 is 0. The molecule has 1 N–H and O–H groups in total. The van der Waals surface area contributed by atoms with E-state index >= 15 is 0 Å². The third-order valence-electron chi connectivity index (χ3n) is 3.82. The predicted octanol–water partition coefficient (Wildman–Crippen LogP) is 3.31. The van der Waals surface area contributed by atoms with Crippen molar-refractivity contribution in [2.24, 2.45) is 0 Å². The Balaban J connectivity index is 1.75. The molecule has 132 valence electrons. The maximum Gasteiger partial charge on any atom is 0.306 e. The lowest BCUT2D eigenvalue weighted by molar-refractivity contribution is -0.154. The molecular weight excluding hydrogens is 321 g/mol. The number of carbonyl (C=O) groups excluding carboxylic acids is 2. The number of halogens is 1. The number of nitrogens with one attached hydrogen (secondary N) is 1. The van der Waals surface area contributed by atoms with Crippen LogP contribution in [-0.2, 0) is 27.3 Å². The minimum Gasteiger partial charge on any atom is -0.453 e. The molecule has 1 amide bonds. The molecule has 0 heterocycles. The van der Waals surface area contributed by atoms with Gasteiger partial charge in [-0.1, -0.05) is 48.0 Å². The Morgan fingerprint density at radius 2 is 1.80 bits per heavy atom. The van der Waals surface area contributed by atoms with Crippen LogP contribution in [0.15, 0.2) is 48.5 Å². The van der Waals surface area contributed by atoms with Crippen molar-refractivity contribution < 1.29 is 18.7 Å². The van der Waals surface area contributed by atoms with Crippen LogP contribution in [0.4, 0.5) is 4.39 Å². The van der Waals surface area contributed by atoms with Crippen LogP contribution in [0.2, 0.25) is 0 Å². The molecule has 0 saturated carbocycles. The van der Waals surface area contributed by atoms with Crippen molar-refractivity contribution in [3.63, 3.8) is 0 Å². The van der Waals surface area contributed by atoms with Gasteiger partial charge < -0.3 is 10.1 Å². The van der Waals surface area contributed by atoms with E-state index in [0.29, 0.717) is 12.1 Å². The summed E-state index contributed by atoms with van der Waals surface area (Å²) in [4.78, 5) is 23.8. The summed E-state index contributed by atoms with van der Waals surface area (Å²) in [5.41, 5.74) is 2.57. The molecule has 0 aliphatic rings. The van der Waals surface area contributed by atoms with Crippen LogP contribution < -0.4 is 5.32 Å². The number of benzene rings is 2. The molecule has 2 aromatic rings. The fraction of sp³-hybridized carbons (Fsp3) is 0.300. The molecular formula is C20H22FNO3. The Morgan fingerprint density at radius 1 is 1.12 bits per heavy atom. The SMILES string of the molecule is Cc1ccc(CNC(=O)[C@H](C)OC(=O)CCc2ccccc2F)cc1. The number of hydrogen-bond acceptors (Lipinski definition) is 3. The van der Waals surface area contributed by atoms with Crippen LogP contribution in [0.5, 0.6) is 0 Å². The lowest BCUT2D eigenvalue weighted by atomic mass is 10.1. The molecule has 25 heavy (non-hydrogen) atoms. The van der Waals surface area contributed by atoms with E-state index in [1.807, 2.05) is 31.2 Å². The van der Waals surface area contributed by atoms with E-state index < -0.39 is 12.1 Å². The number of ether oxygens (including phenoxy) is 1. The standard InChI is InChI=1S/C20H22FNO3/c1-14-7-9-16(10-8-14)13-22-20(24)15(2)25-19(23)12-11-17-5-3-4-6-18(17)21/h3-10,15H,11-13H2,1-2H3,(H,22,24)/t15-/m0/s1. The van der Waals surface area contributed by atoms with Gasteiger partial charge in [-0.15, -0.1) is 0 Å². The predicted molar refractivity (Wildman–Crippen MR) is 93.3 cm³/mol. The zero-order valence-electron chi connectivity index (χ0n) is 14.4. The molecule has 2 rings (SSSR count). The van der Waals surface area contributed by atoms with Crippen molar-refractivity contribution in [3.8, 4) is 0 Å². The summed E-state index contributed by atoms with van der Waals surface area (Å²) in [5.74, 6) is -1.24. The average molecular weight is 343 g/mol. The number of carbonyl (C=O) groups is 2. The summed E-state index contributed by atoms with van der Waals surface area (Å²) in [6, 6.07) is 14.1. The van der Waals surface area contributed by atoms with Crippen molar-refractivity contribution in [2.45, 2.75) is 39.3 Å². The minimum atomic E-state index is -0.890. The highest BCUT2D eigenvalue weighted by Crippen LogP contribution is 2.10. The normalized spacial score (nSPS) is 11.6. The summed E-state index contributed by atoms with van der Waals surface area (Å²) in [7, 11) is 0. The lowest BCUT2D eigenvalue weighted by Gasteiger charge is -2.14. The van der Waals surface area contributed by atoms with Gasteiger partial charge in [-0.2, -0.15) is 0 Å². The van der Waals surface area contributed by atoms with Crippen molar-refractivity contribution in [2.75, 3.05) is 0 Å². The van der Waals surface area contributed by atoms with Gasteiger partial charge in [-0.05, 0) is 37.5 Å². The van der Waals surface area contributed by atoms with Crippen LogP contribution in [0.25, 0.3) is 0 Å². The van der Waals surface area contributed by atoms with Crippen LogP contribution in [0.3, 0.4) is 0 Å². The maximum absolute atomic E-state index is 13.5. The van der Waals surface area contributed by atoms with Gasteiger partial charge in [0.05, 0.1) is 0 Å². The maximum atomic E-state index is 13.5. The molecule has 2 aromatic carbocycles. The Bertz CT molecular complexity index is 728. The second-order valence-electron chi connectivity index (χ2n) is 5.93. The average Bonchev–Trinajstić information content (AvgIpc) is 2.60. The molecule has 0 spiro atoms. The van der Waals surface area contributed by atoms with Crippen molar-refractivity contribution in [1.82, 2.24) is 5.32 Å². The van der Waals surface area contributed by atoms with Gasteiger partial charge in [-0.25, -0.2) is 4.39 Å². The molecule has 0 aliphatic carbocycles. The highest BCUT2D eigenvalue weighted by Gasteiger charge is 2.17. The van der Waals surface area contributed by atoms with Crippen LogP contribution in [0.1, 0.15) is 30.0 Å². The largest absolute Gasteiger partial charge is 0.453 e. The van der Waals surface area contributed by atoms with Gasteiger partial charge in [0.25, 0.3) is 5.91 Å². The first-order valence-corrected chi connectivity index (χ1v) is 8.22. The van der Waals surface area contributed by atoms with E-state index in [4.69, 9.17) is 4.74 Å². The summed E-state index contributed by atoms with van der Waals surface area (Å²) < 4.78 is 18.6. The van der Waals surface area contributed by atoms with Gasteiger partial charge in [0.2, 0.25) is 0 Å². The van der Waals surface area contributed by atoms with Gasteiger partial charge in [0.1, 0.15) is 5.82 Å². The Morgan fingerprint density at radius 3 is 2.48 bits per heavy atom. The van der Waals surface area contributed by atoms with Gasteiger partial charge >= 0.3 is 5.97 Å². The summed E-state index contributed by atoms with van der Waals surface area (Å²) in [6.45, 7) is 3.88. The Kier molecular flexibility index (Phi) is 6.69. The molecule has 5 heteroatoms. The van der Waals surface area contributed by atoms with Crippen LogP contribution >= 0.6 is 0 Å². The van der Waals surface area contributed by atoms with Crippen LogP contribution in [0, 0.1) is 12.7 Å². The molecule has 0 aromatic heterocycles.